The summed E-state index contributed by atoms with van der Waals surface area (Å²) in [6.07, 6.45) is 3.25. The van der Waals surface area contributed by atoms with Gasteiger partial charge in [-0.25, -0.2) is 14.8 Å². The van der Waals surface area contributed by atoms with Gasteiger partial charge in [-0.1, -0.05) is 0 Å². The van der Waals surface area contributed by atoms with Crippen LogP contribution in [-0.4, -0.2) is 51.8 Å². The molecule has 0 saturated carbocycles. The third-order valence-electron chi connectivity index (χ3n) is 5.58. The molecule has 0 atom stereocenters. The van der Waals surface area contributed by atoms with E-state index in [4.69, 9.17) is 4.74 Å². The summed E-state index contributed by atoms with van der Waals surface area (Å²) in [6, 6.07) is 4.91. The average molecular weight is 479 g/mol. The second-order valence-electron chi connectivity index (χ2n) is 8.90. The number of aldehydes is 1. The number of hydrogen-bond acceptors (Lipinski definition) is 7. The zero-order valence-corrected chi connectivity index (χ0v) is 20.7. The van der Waals surface area contributed by atoms with E-state index in [0.29, 0.717) is 42.8 Å². The highest BCUT2D eigenvalue weighted by molar-refractivity contribution is 6.01. The molecule has 10 heteroatoms. The largest absolute Gasteiger partial charge is 0.489 e. The lowest BCUT2D eigenvalue weighted by atomic mass is 10.0. The number of rotatable bonds is 7. The number of pyridine rings is 2. The highest BCUT2D eigenvalue weighted by Gasteiger charge is 2.27. The Morgan fingerprint density at radius 3 is 2.66 bits per heavy atom. The molecule has 1 N–H and O–H groups in total. The Bertz CT molecular complexity index is 1170. The van der Waals surface area contributed by atoms with Gasteiger partial charge in [0, 0.05) is 37.7 Å². The van der Waals surface area contributed by atoms with Gasteiger partial charge in [0.05, 0.1) is 12.3 Å². The van der Waals surface area contributed by atoms with E-state index in [1.54, 1.807) is 4.90 Å². The van der Waals surface area contributed by atoms with E-state index in [0.717, 1.165) is 5.56 Å². The molecule has 0 unspecified atom stereocenters. The summed E-state index contributed by atoms with van der Waals surface area (Å²) in [5, 5.41) is 12.0. The molecule has 2 aromatic rings. The third kappa shape index (κ3) is 5.93. The van der Waals surface area contributed by atoms with Gasteiger partial charge in [0.1, 0.15) is 34.7 Å². The molecule has 35 heavy (non-hydrogen) atoms. The number of anilines is 2. The number of urea groups is 1. The first-order chi connectivity index (χ1) is 16.6. The Hall–Kier alpha value is -4.00. The van der Waals surface area contributed by atoms with Crippen molar-refractivity contribution in [2.75, 3.05) is 16.8 Å². The van der Waals surface area contributed by atoms with Gasteiger partial charge in [0.2, 0.25) is 5.91 Å². The van der Waals surface area contributed by atoms with E-state index >= 15 is 0 Å². The molecule has 3 heterocycles. The van der Waals surface area contributed by atoms with Crippen molar-refractivity contribution in [3.63, 3.8) is 0 Å². The van der Waals surface area contributed by atoms with Crippen LogP contribution in [0.4, 0.5) is 16.4 Å². The van der Waals surface area contributed by atoms with Crippen LogP contribution in [0, 0.1) is 11.3 Å². The number of ether oxygens (including phenoxy) is 1. The molecule has 2 aromatic heterocycles. The van der Waals surface area contributed by atoms with Gasteiger partial charge in [-0.3, -0.25) is 19.8 Å². The van der Waals surface area contributed by atoms with E-state index in [1.165, 1.54) is 24.1 Å². The second kappa shape index (κ2) is 11.0. The minimum Gasteiger partial charge on any atom is -0.489 e. The van der Waals surface area contributed by atoms with Crippen LogP contribution in [0.5, 0.6) is 5.75 Å². The van der Waals surface area contributed by atoms with E-state index < -0.39 is 6.03 Å². The number of nitrogens with one attached hydrogen (secondary N) is 1. The lowest BCUT2D eigenvalue weighted by molar-refractivity contribution is -0.131. The van der Waals surface area contributed by atoms with Crippen LogP contribution < -0.4 is 15.0 Å². The molecule has 10 nitrogen and oxygen atoms in total. The van der Waals surface area contributed by atoms with Crippen molar-refractivity contribution in [1.82, 2.24) is 14.9 Å². The third-order valence-corrected chi connectivity index (χ3v) is 5.58. The second-order valence-corrected chi connectivity index (χ2v) is 8.90. The fraction of sp³-hybridized carbons (Fsp3) is 0.440. The lowest BCUT2D eigenvalue weighted by Crippen LogP contribution is -2.40. The van der Waals surface area contributed by atoms with Crippen LogP contribution in [0.25, 0.3) is 0 Å². The molecule has 0 aromatic carbocycles. The topological polar surface area (TPSA) is 129 Å². The lowest BCUT2D eigenvalue weighted by Gasteiger charge is -2.30. The number of aromatic nitrogens is 2. The smallest absolute Gasteiger partial charge is 0.328 e. The fourth-order valence-electron chi connectivity index (χ4n) is 3.94. The number of nitriles is 1. The van der Waals surface area contributed by atoms with Crippen LogP contribution >= 0.6 is 0 Å². The maximum atomic E-state index is 13.1. The van der Waals surface area contributed by atoms with Crippen molar-refractivity contribution in [2.45, 2.75) is 66.2 Å². The number of carbonyl (C=O) groups is 3. The predicted molar refractivity (Wildman–Crippen MR) is 130 cm³/mol. The van der Waals surface area contributed by atoms with Gasteiger partial charge >= 0.3 is 6.03 Å². The molecular formula is C25H30N6O4. The summed E-state index contributed by atoms with van der Waals surface area (Å²) >= 11 is 0. The highest BCUT2D eigenvalue weighted by atomic mass is 16.5. The Morgan fingerprint density at radius 1 is 1.31 bits per heavy atom. The quantitative estimate of drug-likeness (QED) is 0.601. The Balaban J connectivity index is 1.89. The molecule has 0 aliphatic carbocycles. The fourth-order valence-corrected chi connectivity index (χ4v) is 3.94. The zero-order chi connectivity index (χ0) is 25.7. The van der Waals surface area contributed by atoms with Crippen molar-refractivity contribution >= 4 is 29.9 Å². The van der Waals surface area contributed by atoms with E-state index in [9.17, 15) is 19.6 Å². The Labute approximate surface area is 204 Å². The van der Waals surface area contributed by atoms with E-state index in [2.05, 4.69) is 15.3 Å². The minimum atomic E-state index is -0.455. The van der Waals surface area contributed by atoms with Crippen molar-refractivity contribution in [1.29, 1.82) is 5.26 Å². The first kappa shape index (κ1) is 25.6. The van der Waals surface area contributed by atoms with Crippen LogP contribution in [0.2, 0.25) is 0 Å². The summed E-state index contributed by atoms with van der Waals surface area (Å²) in [7, 11) is 0. The molecule has 184 valence electrons. The summed E-state index contributed by atoms with van der Waals surface area (Å²) in [6.45, 7) is 9.68. The van der Waals surface area contributed by atoms with Gasteiger partial charge in [0.25, 0.3) is 0 Å². The van der Waals surface area contributed by atoms with Crippen molar-refractivity contribution in [3.8, 4) is 11.8 Å². The number of aryl methyl sites for hydroxylation is 1. The number of fused-ring (bicyclic) bond motifs is 1. The molecule has 0 fully saturated rings. The monoisotopic (exact) mass is 478 g/mol. The normalized spacial score (nSPS) is 12.7. The maximum Gasteiger partial charge on any atom is 0.328 e. The first-order valence-electron chi connectivity index (χ1n) is 11.5. The molecule has 1 aliphatic rings. The molecule has 3 amide bonds. The number of hydrogen-bond donors (Lipinski definition) is 1. The molecule has 0 bridgehead atoms. The number of nitrogens with zero attached hydrogens (tertiary/aromatic N) is 5. The number of carbonyl (C=O) groups excluding carboxylic acids is 3. The summed E-state index contributed by atoms with van der Waals surface area (Å²) in [5.41, 5.74) is 1.94. The van der Waals surface area contributed by atoms with E-state index in [-0.39, 0.29) is 41.7 Å². The van der Waals surface area contributed by atoms with Crippen LogP contribution in [0.1, 0.15) is 68.2 Å². The Morgan fingerprint density at radius 2 is 2.06 bits per heavy atom. The van der Waals surface area contributed by atoms with Gasteiger partial charge in [-0.05, 0) is 52.2 Å². The molecular weight excluding hydrogens is 448 g/mol. The maximum absolute atomic E-state index is 13.1. The van der Waals surface area contributed by atoms with Crippen molar-refractivity contribution < 1.29 is 19.1 Å². The van der Waals surface area contributed by atoms with Crippen LogP contribution in [-0.2, 0) is 17.8 Å². The van der Waals surface area contributed by atoms with Crippen LogP contribution in [0.15, 0.2) is 18.3 Å². The molecule has 3 rings (SSSR count). The van der Waals surface area contributed by atoms with Gasteiger partial charge < -0.3 is 9.64 Å². The average Bonchev–Trinajstić information content (AvgIpc) is 2.80. The predicted octanol–water partition coefficient (Wildman–Crippen LogP) is 3.69. The van der Waals surface area contributed by atoms with Crippen molar-refractivity contribution in [3.05, 3.63) is 40.7 Å². The highest BCUT2D eigenvalue weighted by Crippen LogP contribution is 2.29. The Kier molecular flexibility index (Phi) is 8.02. The molecule has 0 spiro atoms. The van der Waals surface area contributed by atoms with Gasteiger partial charge in [0.15, 0.2) is 6.29 Å². The summed E-state index contributed by atoms with van der Waals surface area (Å²) in [5.74, 6) is 0.883. The summed E-state index contributed by atoms with van der Waals surface area (Å²) < 4.78 is 5.66. The molecule has 0 saturated heterocycles. The SMILES string of the molecule is CC(=O)N(Cc1cc2c(nc1C=O)N(C(=O)Nc1cc(OC(C)C)c(C#N)cn1)CCC2)C(C)C. The molecule has 0 radical (unpaired) electrons. The first-order valence-corrected chi connectivity index (χ1v) is 11.5. The standard InChI is InChI=1S/C25H30N6O4/c1-15(2)31(17(5)33)13-19-9-18-7-6-8-30(24(18)28-21(19)14-32)25(34)29-23-10-22(35-16(3)4)20(11-26)12-27-23/h9-10,12,14-16H,6-8,13H2,1-5H3,(H,27,29,34). The van der Waals surface area contributed by atoms with Gasteiger partial charge in [-0.2, -0.15) is 5.26 Å². The molecule has 1 aliphatic heterocycles. The summed E-state index contributed by atoms with van der Waals surface area (Å²) in [4.78, 5) is 48.8. The number of amides is 3. The van der Waals surface area contributed by atoms with E-state index in [1.807, 2.05) is 39.8 Å². The minimum absolute atomic E-state index is 0.0326. The van der Waals surface area contributed by atoms with Gasteiger partial charge in [-0.15, -0.1) is 0 Å². The van der Waals surface area contributed by atoms with Crippen molar-refractivity contribution in [2.24, 2.45) is 0 Å². The zero-order valence-electron chi connectivity index (χ0n) is 20.7. The van der Waals surface area contributed by atoms with Crippen LogP contribution in [0.3, 0.4) is 0 Å².